The summed E-state index contributed by atoms with van der Waals surface area (Å²) in [6, 6.07) is 0. The van der Waals surface area contributed by atoms with Gasteiger partial charge in [-0.1, -0.05) is 13.8 Å². The van der Waals surface area contributed by atoms with Gasteiger partial charge in [-0.25, -0.2) is 4.79 Å². The molecule has 0 aromatic carbocycles. The quantitative estimate of drug-likeness (QED) is 0.343. The molecule has 4 nitrogen and oxygen atoms in total. The third kappa shape index (κ3) is 6.69. The molecule has 10 heavy (non-hydrogen) atoms. The minimum atomic E-state index is -0.442. The third-order valence-electron chi connectivity index (χ3n) is 0.679. The molecular formula is C5H10KNO3. The second-order valence-electron chi connectivity index (χ2n) is 1.81. The Morgan fingerprint density at radius 3 is 2.40 bits per heavy atom. The SMILES string of the molecule is CC(C)C(=O)ONC=O.[KH]. The Morgan fingerprint density at radius 2 is 2.10 bits per heavy atom. The van der Waals surface area contributed by atoms with E-state index in [4.69, 9.17) is 0 Å². The van der Waals surface area contributed by atoms with E-state index in [1.54, 1.807) is 19.3 Å². The van der Waals surface area contributed by atoms with E-state index in [1.807, 2.05) is 0 Å². The van der Waals surface area contributed by atoms with Crippen molar-refractivity contribution in [3.05, 3.63) is 0 Å². The second-order valence-corrected chi connectivity index (χ2v) is 1.81. The van der Waals surface area contributed by atoms with Crippen molar-refractivity contribution < 1.29 is 14.4 Å². The summed E-state index contributed by atoms with van der Waals surface area (Å²) in [5.41, 5.74) is 1.80. The predicted molar refractivity (Wildman–Crippen MR) is 37.3 cm³/mol. The number of hydroxylamine groups is 1. The fourth-order valence-electron chi connectivity index (χ4n) is 0.200. The van der Waals surface area contributed by atoms with Gasteiger partial charge in [0.15, 0.2) is 0 Å². The summed E-state index contributed by atoms with van der Waals surface area (Å²) in [6.07, 6.45) is 0.306. The molecule has 0 radical (unpaired) electrons. The summed E-state index contributed by atoms with van der Waals surface area (Å²) in [6.45, 7) is 3.35. The molecule has 0 fully saturated rings. The predicted octanol–water partition coefficient (Wildman–Crippen LogP) is -0.802. The Bertz CT molecular complexity index is 115. The number of carbonyl (C=O) groups excluding carboxylic acids is 2. The molecule has 0 rings (SSSR count). The van der Waals surface area contributed by atoms with Gasteiger partial charge in [-0.05, 0) is 0 Å². The van der Waals surface area contributed by atoms with E-state index in [9.17, 15) is 9.59 Å². The van der Waals surface area contributed by atoms with Crippen LogP contribution in [0.15, 0.2) is 0 Å². The Kier molecular flexibility index (Phi) is 10.1. The summed E-state index contributed by atoms with van der Waals surface area (Å²) in [7, 11) is 0. The van der Waals surface area contributed by atoms with E-state index in [0.29, 0.717) is 6.41 Å². The zero-order valence-electron chi connectivity index (χ0n) is 5.38. The van der Waals surface area contributed by atoms with Gasteiger partial charge in [-0.15, -0.1) is 0 Å². The topological polar surface area (TPSA) is 55.4 Å². The Hall–Kier alpha value is 0.576. The summed E-state index contributed by atoms with van der Waals surface area (Å²) < 4.78 is 0. The molecule has 0 aliphatic heterocycles. The maximum atomic E-state index is 10.5. The van der Waals surface area contributed by atoms with Crippen LogP contribution in [0.5, 0.6) is 0 Å². The molecule has 5 heteroatoms. The Labute approximate surface area is 102 Å². The van der Waals surface area contributed by atoms with Gasteiger partial charge in [-0.3, -0.25) is 4.79 Å². The molecule has 0 aromatic heterocycles. The van der Waals surface area contributed by atoms with Crippen LogP contribution in [0.4, 0.5) is 0 Å². The fourth-order valence-corrected chi connectivity index (χ4v) is 0.200. The van der Waals surface area contributed by atoms with Crippen LogP contribution in [0.3, 0.4) is 0 Å². The molecule has 0 aromatic rings. The summed E-state index contributed by atoms with van der Waals surface area (Å²) >= 11 is 0. The molecule has 0 aliphatic carbocycles. The molecule has 1 amide bonds. The molecule has 54 valence electrons. The number of hydrogen-bond acceptors (Lipinski definition) is 3. The van der Waals surface area contributed by atoms with Gasteiger partial charge in [0.2, 0.25) is 6.41 Å². The van der Waals surface area contributed by atoms with Crippen molar-refractivity contribution in [2.75, 3.05) is 0 Å². The van der Waals surface area contributed by atoms with Gasteiger partial charge in [0.1, 0.15) is 0 Å². The van der Waals surface area contributed by atoms with Crippen molar-refractivity contribution in [3.8, 4) is 0 Å². The Balaban J connectivity index is 0. The van der Waals surface area contributed by atoms with Crippen LogP contribution in [0.25, 0.3) is 0 Å². The van der Waals surface area contributed by atoms with E-state index in [1.165, 1.54) is 0 Å². The normalized spacial score (nSPS) is 7.90. The standard InChI is InChI=1S/C5H9NO3.K.H/c1-4(2)5(8)9-6-3-7;;/h3-4H,1-2H3,(H,6,7);;. The first-order valence-corrected chi connectivity index (χ1v) is 2.58. The maximum absolute atomic E-state index is 10.5. The van der Waals surface area contributed by atoms with E-state index < -0.39 is 5.97 Å². The minimum absolute atomic E-state index is 0. The van der Waals surface area contributed by atoms with E-state index in [-0.39, 0.29) is 57.3 Å². The molecule has 1 N–H and O–H groups in total. The van der Waals surface area contributed by atoms with Gasteiger partial charge in [0, 0.05) is 0 Å². The molecule has 0 heterocycles. The summed E-state index contributed by atoms with van der Waals surface area (Å²) in [5.74, 6) is -0.653. The van der Waals surface area contributed by atoms with Crippen molar-refractivity contribution in [2.45, 2.75) is 13.8 Å². The van der Waals surface area contributed by atoms with Crippen LogP contribution in [-0.4, -0.2) is 63.8 Å². The summed E-state index contributed by atoms with van der Waals surface area (Å²) in [4.78, 5) is 24.2. The molecule has 0 saturated carbocycles. The first-order chi connectivity index (χ1) is 4.18. The van der Waals surface area contributed by atoms with E-state index in [0.717, 1.165) is 0 Å². The second kappa shape index (κ2) is 7.68. The summed E-state index contributed by atoms with van der Waals surface area (Å²) in [5, 5.41) is 0. The van der Waals surface area contributed by atoms with E-state index >= 15 is 0 Å². The third-order valence-corrected chi connectivity index (χ3v) is 0.679. The van der Waals surface area contributed by atoms with Crippen LogP contribution < -0.4 is 5.48 Å². The molecule has 0 atom stereocenters. The molecular weight excluding hydrogens is 161 g/mol. The fraction of sp³-hybridized carbons (Fsp3) is 0.600. The van der Waals surface area contributed by atoms with Crippen LogP contribution in [0, 0.1) is 5.92 Å². The molecule has 0 bridgehead atoms. The zero-order chi connectivity index (χ0) is 7.28. The molecule has 0 spiro atoms. The van der Waals surface area contributed by atoms with E-state index in [2.05, 4.69) is 4.84 Å². The average molecular weight is 171 g/mol. The number of carbonyl (C=O) groups is 2. The number of rotatable bonds is 3. The van der Waals surface area contributed by atoms with Gasteiger partial charge >= 0.3 is 57.4 Å². The van der Waals surface area contributed by atoms with Crippen LogP contribution in [-0.2, 0) is 14.4 Å². The number of hydrogen-bond donors (Lipinski definition) is 1. The Morgan fingerprint density at radius 1 is 1.60 bits per heavy atom. The van der Waals surface area contributed by atoms with Gasteiger partial charge in [-0.2, -0.15) is 5.48 Å². The zero-order valence-corrected chi connectivity index (χ0v) is 5.38. The number of amides is 1. The van der Waals surface area contributed by atoms with Crippen molar-refractivity contribution in [2.24, 2.45) is 5.92 Å². The molecule has 0 saturated heterocycles. The molecule has 0 aliphatic rings. The van der Waals surface area contributed by atoms with Gasteiger partial charge in [0.25, 0.3) is 0 Å². The monoisotopic (exact) mass is 171 g/mol. The first kappa shape index (κ1) is 13.2. The molecule has 0 unspecified atom stereocenters. The van der Waals surface area contributed by atoms with Crippen LogP contribution in [0.2, 0.25) is 0 Å². The van der Waals surface area contributed by atoms with Crippen molar-refractivity contribution >= 4 is 63.8 Å². The van der Waals surface area contributed by atoms with Gasteiger partial charge < -0.3 is 4.84 Å². The van der Waals surface area contributed by atoms with Crippen molar-refractivity contribution in [1.82, 2.24) is 5.48 Å². The van der Waals surface area contributed by atoms with Crippen LogP contribution >= 0.6 is 0 Å². The number of nitrogens with one attached hydrogen (secondary N) is 1. The van der Waals surface area contributed by atoms with Crippen LogP contribution in [0.1, 0.15) is 13.8 Å². The van der Waals surface area contributed by atoms with Crippen molar-refractivity contribution in [1.29, 1.82) is 0 Å². The average Bonchev–Trinajstić information content (AvgIpc) is 1.82. The first-order valence-electron chi connectivity index (χ1n) is 2.58. The van der Waals surface area contributed by atoms with Crippen molar-refractivity contribution in [3.63, 3.8) is 0 Å². The van der Waals surface area contributed by atoms with Gasteiger partial charge in [0.05, 0.1) is 5.92 Å².